The third-order valence-electron chi connectivity index (χ3n) is 13.8. The average Bonchev–Trinajstić information content (AvgIpc) is 3.88. The lowest BCUT2D eigenvalue weighted by molar-refractivity contribution is 0.768. The van der Waals surface area contributed by atoms with Crippen LogP contribution >= 0.6 is 0 Å². The maximum atomic E-state index is 2.49. The van der Waals surface area contributed by atoms with E-state index in [-0.39, 0.29) is 0 Å². The molecule has 0 atom stereocenters. The van der Waals surface area contributed by atoms with Gasteiger partial charge in [0, 0.05) is 38.6 Å². The molecule has 0 saturated carbocycles. The van der Waals surface area contributed by atoms with Crippen molar-refractivity contribution in [2.24, 2.45) is 0 Å². The maximum absolute atomic E-state index is 2.49. The van der Waals surface area contributed by atoms with E-state index in [1.54, 1.807) is 0 Å². The lowest BCUT2D eigenvalue weighted by Crippen LogP contribution is -2.28. The van der Waals surface area contributed by atoms with E-state index >= 15 is 0 Å². The fourth-order valence-corrected chi connectivity index (χ4v) is 11.0. The van der Waals surface area contributed by atoms with Crippen molar-refractivity contribution >= 4 is 60.4 Å². The van der Waals surface area contributed by atoms with Crippen molar-refractivity contribution in [1.29, 1.82) is 0 Å². The van der Waals surface area contributed by atoms with Gasteiger partial charge in [-0.15, -0.1) is 0 Å². The molecule has 1 aliphatic rings. The van der Waals surface area contributed by atoms with Gasteiger partial charge in [-0.3, -0.25) is 0 Å². The van der Waals surface area contributed by atoms with E-state index in [1.807, 2.05) is 0 Å². The van der Waals surface area contributed by atoms with Crippen molar-refractivity contribution in [2.45, 2.75) is 5.41 Å². The molecule has 0 amide bonds. The fourth-order valence-electron chi connectivity index (χ4n) is 11.0. The summed E-state index contributed by atoms with van der Waals surface area (Å²) in [6.45, 7) is 0. The van der Waals surface area contributed by atoms with Crippen LogP contribution in [-0.4, -0.2) is 4.57 Å². The Labute approximate surface area is 378 Å². The van der Waals surface area contributed by atoms with Crippen molar-refractivity contribution < 1.29 is 0 Å². The van der Waals surface area contributed by atoms with Gasteiger partial charge in [-0.05, 0) is 97.7 Å². The third-order valence-corrected chi connectivity index (χ3v) is 13.8. The SMILES string of the molecule is c1ccc(-c2ccc(-n3c4cc(N(c5ccc6c(c5)C(c5ccccc5)(c5ccccc5)c5ccccc5-6)c5cccc6ccccc56)ccc4c4ccc5ccccc5c43)cc2)cc1. The van der Waals surface area contributed by atoms with Crippen molar-refractivity contribution in [3.05, 3.63) is 277 Å². The molecule has 0 N–H and O–H groups in total. The number of anilines is 3. The van der Waals surface area contributed by atoms with Crippen LogP contribution in [0.4, 0.5) is 17.1 Å². The second-order valence-corrected chi connectivity index (χ2v) is 17.2. The van der Waals surface area contributed by atoms with Crippen LogP contribution in [0.2, 0.25) is 0 Å². The molecule has 0 aliphatic heterocycles. The second-order valence-electron chi connectivity index (χ2n) is 17.2. The maximum Gasteiger partial charge on any atom is 0.0714 e. The summed E-state index contributed by atoms with van der Waals surface area (Å²) in [5, 5.41) is 7.31. The number of fused-ring (bicyclic) bond motifs is 9. The third kappa shape index (κ3) is 5.67. The van der Waals surface area contributed by atoms with E-state index in [0.717, 1.165) is 28.3 Å². The summed E-state index contributed by atoms with van der Waals surface area (Å²) in [4.78, 5) is 2.49. The molecule has 2 nitrogen and oxygen atoms in total. The highest BCUT2D eigenvalue weighted by Gasteiger charge is 2.46. The van der Waals surface area contributed by atoms with E-state index < -0.39 is 5.41 Å². The molecule has 1 aromatic heterocycles. The van der Waals surface area contributed by atoms with Crippen LogP contribution in [0, 0.1) is 0 Å². The summed E-state index contributed by atoms with van der Waals surface area (Å²) in [6, 6.07) is 94.0. The Morgan fingerprint density at radius 3 is 1.65 bits per heavy atom. The number of hydrogen-bond donors (Lipinski definition) is 0. The molecule has 0 radical (unpaired) electrons. The first-order valence-corrected chi connectivity index (χ1v) is 22.5. The summed E-state index contributed by atoms with van der Waals surface area (Å²) >= 11 is 0. The van der Waals surface area contributed by atoms with Gasteiger partial charge >= 0.3 is 0 Å². The molecule has 65 heavy (non-hydrogen) atoms. The highest BCUT2D eigenvalue weighted by molar-refractivity contribution is 6.19. The van der Waals surface area contributed by atoms with Gasteiger partial charge in [0.15, 0.2) is 0 Å². The van der Waals surface area contributed by atoms with Crippen LogP contribution < -0.4 is 4.90 Å². The Hall–Kier alpha value is -8.46. The van der Waals surface area contributed by atoms with Crippen molar-refractivity contribution in [1.82, 2.24) is 4.57 Å². The minimum Gasteiger partial charge on any atom is -0.310 e. The Kier molecular flexibility index (Phi) is 8.47. The Morgan fingerprint density at radius 1 is 0.338 bits per heavy atom. The number of nitrogens with zero attached hydrogens (tertiary/aromatic N) is 2. The van der Waals surface area contributed by atoms with E-state index in [1.165, 1.54) is 82.3 Å². The minimum absolute atomic E-state index is 0.530. The molecule has 0 unspecified atom stereocenters. The van der Waals surface area contributed by atoms with E-state index in [0.29, 0.717) is 0 Å². The van der Waals surface area contributed by atoms with Gasteiger partial charge in [0.05, 0.1) is 22.1 Å². The van der Waals surface area contributed by atoms with Gasteiger partial charge in [-0.25, -0.2) is 0 Å². The zero-order valence-corrected chi connectivity index (χ0v) is 35.6. The predicted octanol–water partition coefficient (Wildman–Crippen LogP) is 16.6. The normalized spacial score (nSPS) is 12.7. The van der Waals surface area contributed by atoms with Crippen LogP contribution in [0.25, 0.3) is 71.3 Å². The van der Waals surface area contributed by atoms with Gasteiger partial charge in [0.25, 0.3) is 0 Å². The Morgan fingerprint density at radius 2 is 0.892 bits per heavy atom. The molecule has 0 saturated heterocycles. The molecule has 0 spiro atoms. The molecule has 0 fully saturated rings. The largest absolute Gasteiger partial charge is 0.310 e. The average molecular weight is 827 g/mol. The van der Waals surface area contributed by atoms with Crippen LogP contribution in [-0.2, 0) is 5.41 Å². The zero-order valence-electron chi connectivity index (χ0n) is 35.6. The fraction of sp³-hybridized carbons (Fsp3) is 0.0159. The number of benzene rings is 11. The van der Waals surface area contributed by atoms with Gasteiger partial charge in [0.1, 0.15) is 0 Å². The Bertz CT molecular complexity index is 3710. The van der Waals surface area contributed by atoms with Crippen LogP contribution in [0.5, 0.6) is 0 Å². The standard InChI is InChI=1S/C63H42N2/c1-4-17-43(18-5-1)44-31-34-49(35-32-44)65-61-42-51(37-40-56(61)57-38-33-46-20-11-13-27-53(46)62(57)65)64(60-30-16-21-45-19-10-12-26-52(45)60)50-36-39-55-54-28-14-15-29-58(54)63(59(55)41-50,47-22-6-2-7-23-47)48-24-8-3-9-25-48/h1-42H. The summed E-state index contributed by atoms with van der Waals surface area (Å²) in [5.74, 6) is 0. The van der Waals surface area contributed by atoms with Gasteiger partial charge in [-0.1, -0.05) is 212 Å². The molecular formula is C63H42N2. The second kappa shape index (κ2) is 14.8. The number of hydrogen-bond acceptors (Lipinski definition) is 1. The van der Waals surface area contributed by atoms with Gasteiger partial charge in [-0.2, -0.15) is 0 Å². The molecule has 1 heterocycles. The van der Waals surface area contributed by atoms with E-state index in [4.69, 9.17) is 0 Å². The van der Waals surface area contributed by atoms with Crippen LogP contribution in [0.3, 0.4) is 0 Å². The van der Waals surface area contributed by atoms with Crippen molar-refractivity contribution in [2.75, 3.05) is 4.90 Å². The molecule has 304 valence electrons. The predicted molar refractivity (Wildman–Crippen MR) is 273 cm³/mol. The van der Waals surface area contributed by atoms with Crippen molar-refractivity contribution in [3.8, 4) is 27.9 Å². The Balaban J connectivity index is 1.09. The summed E-state index contributed by atoms with van der Waals surface area (Å²) < 4.78 is 2.49. The molecule has 13 rings (SSSR count). The lowest BCUT2D eigenvalue weighted by Gasteiger charge is -2.35. The van der Waals surface area contributed by atoms with E-state index in [9.17, 15) is 0 Å². The molecule has 1 aliphatic carbocycles. The zero-order chi connectivity index (χ0) is 42.9. The first kappa shape index (κ1) is 37.1. The summed E-state index contributed by atoms with van der Waals surface area (Å²) in [5.41, 5.74) is 16.3. The molecular weight excluding hydrogens is 785 g/mol. The molecule has 11 aromatic carbocycles. The molecule has 0 bridgehead atoms. The molecule has 12 aromatic rings. The van der Waals surface area contributed by atoms with Gasteiger partial charge in [0.2, 0.25) is 0 Å². The number of aromatic nitrogens is 1. The number of rotatable bonds is 7. The van der Waals surface area contributed by atoms with Crippen molar-refractivity contribution in [3.63, 3.8) is 0 Å². The summed E-state index contributed by atoms with van der Waals surface area (Å²) in [6.07, 6.45) is 0. The topological polar surface area (TPSA) is 8.17 Å². The quantitative estimate of drug-likeness (QED) is 0.155. The van der Waals surface area contributed by atoms with Crippen LogP contribution in [0.1, 0.15) is 22.3 Å². The summed E-state index contributed by atoms with van der Waals surface area (Å²) in [7, 11) is 0. The highest BCUT2D eigenvalue weighted by atomic mass is 15.1. The van der Waals surface area contributed by atoms with Crippen LogP contribution in [0.15, 0.2) is 255 Å². The van der Waals surface area contributed by atoms with E-state index in [2.05, 4.69) is 264 Å². The minimum atomic E-state index is -0.530. The van der Waals surface area contributed by atoms with Gasteiger partial charge < -0.3 is 9.47 Å². The molecule has 2 heteroatoms. The smallest absolute Gasteiger partial charge is 0.0714 e. The first-order valence-electron chi connectivity index (χ1n) is 22.5. The highest BCUT2D eigenvalue weighted by Crippen LogP contribution is 2.57. The monoisotopic (exact) mass is 826 g/mol. The first-order chi connectivity index (χ1) is 32.3. The lowest BCUT2D eigenvalue weighted by atomic mass is 9.67.